The lowest BCUT2D eigenvalue weighted by Gasteiger charge is -2.28. The van der Waals surface area contributed by atoms with Crippen molar-refractivity contribution in [3.05, 3.63) is 12.2 Å². The van der Waals surface area contributed by atoms with Crippen LogP contribution < -0.4 is 5.32 Å². The van der Waals surface area contributed by atoms with Crippen molar-refractivity contribution in [3.8, 4) is 0 Å². The van der Waals surface area contributed by atoms with Crippen molar-refractivity contribution in [2.75, 3.05) is 20.1 Å². The van der Waals surface area contributed by atoms with Crippen LogP contribution in [0.2, 0.25) is 0 Å². The van der Waals surface area contributed by atoms with Crippen molar-refractivity contribution >= 4 is 11.8 Å². The molecule has 0 fully saturated rings. The summed E-state index contributed by atoms with van der Waals surface area (Å²) in [7, 11) is 1.91. The standard InChI is InChI=1S/C30H58N2O2/c1-7-32(6)29(34)30(4,5)25-23-21-19-17-15-13-11-9-8-10-12-14-16-18-20-22-24-26-31-28(33)27(2)3/h2,7-26H2,1,3-6H3,(H,31,33). The van der Waals surface area contributed by atoms with E-state index < -0.39 is 0 Å². The molecule has 0 saturated carbocycles. The SMILES string of the molecule is C=C(C)C(=O)NCCCCCCCCCCCCCCCCCCCC(C)(C)C(=O)N(C)CC. The number of nitrogens with one attached hydrogen (secondary N) is 1. The van der Waals surface area contributed by atoms with Crippen LogP contribution in [0.3, 0.4) is 0 Å². The van der Waals surface area contributed by atoms with Gasteiger partial charge in [-0.05, 0) is 26.7 Å². The molecule has 0 spiro atoms. The molecule has 0 aromatic carbocycles. The highest BCUT2D eigenvalue weighted by atomic mass is 16.2. The number of hydrogen-bond acceptors (Lipinski definition) is 2. The first-order chi connectivity index (χ1) is 16.2. The van der Waals surface area contributed by atoms with Crippen LogP contribution in [0.25, 0.3) is 0 Å². The first-order valence-corrected chi connectivity index (χ1v) is 14.4. The van der Waals surface area contributed by atoms with E-state index in [0.29, 0.717) is 5.57 Å². The molecule has 2 amide bonds. The third kappa shape index (κ3) is 18.1. The molecule has 0 rings (SSSR count). The number of hydrogen-bond donors (Lipinski definition) is 1. The maximum Gasteiger partial charge on any atom is 0.246 e. The van der Waals surface area contributed by atoms with E-state index in [0.717, 1.165) is 25.9 Å². The van der Waals surface area contributed by atoms with Crippen LogP contribution in [0, 0.1) is 5.41 Å². The summed E-state index contributed by atoms with van der Waals surface area (Å²) in [4.78, 5) is 25.6. The van der Waals surface area contributed by atoms with Crippen molar-refractivity contribution in [1.82, 2.24) is 10.2 Å². The fourth-order valence-electron chi connectivity index (χ4n) is 4.46. The summed E-state index contributed by atoms with van der Waals surface area (Å²) in [6.07, 6.45) is 23.5. The largest absolute Gasteiger partial charge is 0.352 e. The molecule has 0 heterocycles. The topological polar surface area (TPSA) is 49.4 Å². The Morgan fingerprint density at radius 2 is 1.06 bits per heavy atom. The number of carbonyl (C=O) groups excluding carboxylic acids is 2. The molecule has 0 aliphatic rings. The molecule has 0 aliphatic heterocycles. The summed E-state index contributed by atoms with van der Waals surface area (Å²) < 4.78 is 0. The van der Waals surface area contributed by atoms with Crippen LogP contribution in [0.4, 0.5) is 0 Å². The zero-order valence-electron chi connectivity index (χ0n) is 23.6. The van der Waals surface area contributed by atoms with Crippen LogP contribution in [0.5, 0.6) is 0 Å². The summed E-state index contributed by atoms with van der Waals surface area (Å²) in [5, 5.41) is 2.90. The fourth-order valence-corrected chi connectivity index (χ4v) is 4.46. The Balaban J connectivity index is 3.31. The molecule has 4 heteroatoms. The Morgan fingerprint density at radius 3 is 1.41 bits per heavy atom. The normalized spacial score (nSPS) is 11.4. The zero-order chi connectivity index (χ0) is 25.7. The third-order valence-corrected chi connectivity index (χ3v) is 7.05. The van der Waals surface area contributed by atoms with Crippen LogP contribution in [0.15, 0.2) is 12.2 Å². The predicted octanol–water partition coefficient (Wildman–Crippen LogP) is 8.21. The molecule has 0 saturated heterocycles. The van der Waals surface area contributed by atoms with E-state index in [1.807, 2.05) is 18.9 Å². The second-order valence-electron chi connectivity index (χ2n) is 11.0. The minimum absolute atomic E-state index is 0.0131. The summed E-state index contributed by atoms with van der Waals surface area (Å²) in [6.45, 7) is 13.2. The lowest BCUT2D eigenvalue weighted by Crippen LogP contribution is -2.38. The van der Waals surface area contributed by atoms with E-state index >= 15 is 0 Å². The van der Waals surface area contributed by atoms with Gasteiger partial charge in [-0.3, -0.25) is 9.59 Å². The molecule has 4 nitrogen and oxygen atoms in total. The van der Waals surface area contributed by atoms with Crippen LogP contribution in [0.1, 0.15) is 143 Å². The number of amides is 2. The van der Waals surface area contributed by atoms with E-state index in [1.54, 1.807) is 6.92 Å². The van der Waals surface area contributed by atoms with Crippen molar-refractivity contribution in [2.24, 2.45) is 5.41 Å². The third-order valence-electron chi connectivity index (χ3n) is 7.05. The second kappa shape index (κ2) is 21.0. The summed E-state index contributed by atoms with van der Waals surface area (Å²) in [5.41, 5.74) is 0.382. The average molecular weight is 479 g/mol. The number of carbonyl (C=O) groups is 2. The van der Waals surface area contributed by atoms with Crippen LogP contribution in [-0.2, 0) is 9.59 Å². The van der Waals surface area contributed by atoms with Gasteiger partial charge in [0, 0.05) is 31.1 Å². The van der Waals surface area contributed by atoms with Gasteiger partial charge < -0.3 is 10.2 Å². The van der Waals surface area contributed by atoms with Gasteiger partial charge in [0.1, 0.15) is 0 Å². The van der Waals surface area contributed by atoms with Gasteiger partial charge >= 0.3 is 0 Å². The van der Waals surface area contributed by atoms with Crippen LogP contribution >= 0.6 is 0 Å². The molecule has 0 bridgehead atoms. The smallest absolute Gasteiger partial charge is 0.246 e. The maximum atomic E-state index is 12.4. The van der Waals surface area contributed by atoms with Gasteiger partial charge in [0.05, 0.1) is 0 Å². The zero-order valence-corrected chi connectivity index (χ0v) is 23.6. The maximum absolute atomic E-state index is 12.4. The first-order valence-electron chi connectivity index (χ1n) is 14.4. The quantitative estimate of drug-likeness (QED) is 0.119. The van der Waals surface area contributed by atoms with Crippen LogP contribution in [-0.4, -0.2) is 36.9 Å². The van der Waals surface area contributed by atoms with Gasteiger partial charge in [0.2, 0.25) is 11.8 Å². The number of rotatable bonds is 23. The fraction of sp³-hybridized carbons (Fsp3) is 0.867. The molecular formula is C30H58N2O2. The highest BCUT2D eigenvalue weighted by Gasteiger charge is 2.28. The Morgan fingerprint density at radius 1 is 0.706 bits per heavy atom. The van der Waals surface area contributed by atoms with Gasteiger partial charge in [-0.15, -0.1) is 0 Å². The molecule has 34 heavy (non-hydrogen) atoms. The minimum Gasteiger partial charge on any atom is -0.352 e. The molecule has 0 aromatic heterocycles. The van der Waals surface area contributed by atoms with Gasteiger partial charge in [0.25, 0.3) is 0 Å². The highest BCUT2D eigenvalue weighted by molar-refractivity contribution is 5.92. The predicted molar refractivity (Wildman–Crippen MR) is 148 cm³/mol. The van der Waals surface area contributed by atoms with Crippen molar-refractivity contribution < 1.29 is 9.59 Å². The van der Waals surface area contributed by atoms with Gasteiger partial charge in [-0.2, -0.15) is 0 Å². The van der Waals surface area contributed by atoms with Gasteiger partial charge in [0.15, 0.2) is 0 Å². The molecule has 0 atom stereocenters. The van der Waals surface area contributed by atoms with E-state index in [1.165, 1.54) is 103 Å². The van der Waals surface area contributed by atoms with Gasteiger partial charge in [-0.1, -0.05) is 123 Å². The van der Waals surface area contributed by atoms with E-state index in [-0.39, 0.29) is 17.2 Å². The lowest BCUT2D eigenvalue weighted by molar-refractivity contribution is -0.139. The Bertz CT molecular complexity index is 542. The number of unbranched alkanes of at least 4 members (excludes halogenated alkanes) is 16. The van der Waals surface area contributed by atoms with E-state index in [4.69, 9.17) is 0 Å². The summed E-state index contributed by atoms with van der Waals surface area (Å²) in [6, 6.07) is 0. The Hall–Kier alpha value is -1.32. The van der Waals surface area contributed by atoms with Crippen molar-refractivity contribution in [2.45, 2.75) is 143 Å². The Labute approximate surface area is 212 Å². The summed E-state index contributed by atoms with van der Waals surface area (Å²) in [5.74, 6) is 0.272. The molecule has 0 unspecified atom stereocenters. The molecule has 0 aromatic rings. The Kier molecular flexibility index (Phi) is 20.2. The molecule has 0 aliphatic carbocycles. The van der Waals surface area contributed by atoms with E-state index in [2.05, 4.69) is 25.7 Å². The highest BCUT2D eigenvalue weighted by Crippen LogP contribution is 2.26. The molecular weight excluding hydrogens is 420 g/mol. The molecule has 1 N–H and O–H groups in total. The lowest BCUT2D eigenvalue weighted by atomic mass is 9.85. The number of nitrogens with zero attached hydrogens (tertiary/aromatic N) is 1. The molecule has 0 radical (unpaired) electrons. The van der Waals surface area contributed by atoms with Gasteiger partial charge in [-0.25, -0.2) is 0 Å². The minimum atomic E-state index is -0.213. The summed E-state index contributed by atoms with van der Waals surface area (Å²) >= 11 is 0. The first kappa shape index (κ1) is 32.7. The second-order valence-corrected chi connectivity index (χ2v) is 11.0. The van der Waals surface area contributed by atoms with Crippen molar-refractivity contribution in [1.29, 1.82) is 0 Å². The molecule has 200 valence electrons. The van der Waals surface area contributed by atoms with E-state index in [9.17, 15) is 9.59 Å². The monoisotopic (exact) mass is 478 g/mol. The average Bonchev–Trinajstić information content (AvgIpc) is 2.81. The van der Waals surface area contributed by atoms with Crippen molar-refractivity contribution in [3.63, 3.8) is 0 Å².